The number of hydrogen-bond donors (Lipinski definition) is 2. The molecule has 0 bridgehead atoms. The van der Waals surface area contributed by atoms with Crippen molar-refractivity contribution in [3.05, 3.63) is 0 Å². The van der Waals surface area contributed by atoms with Crippen LogP contribution in [-0.2, 0) is 4.79 Å². The van der Waals surface area contributed by atoms with Crippen LogP contribution in [0.4, 0.5) is 0 Å². The summed E-state index contributed by atoms with van der Waals surface area (Å²) in [5.41, 5.74) is 4.93. The summed E-state index contributed by atoms with van der Waals surface area (Å²) in [7, 11) is 0. The van der Waals surface area contributed by atoms with E-state index >= 15 is 0 Å². The Hall–Kier alpha value is -0.640. The van der Waals surface area contributed by atoms with Crippen LogP contribution in [0.25, 0.3) is 0 Å². The van der Waals surface area contributed by atoms with Crippen molar-refractivity contribution >= 4 is 23.1 Å². The van der Waals surface area contributed by atoms with E-state index in [0.717, 1.165) is 12.8 Å². The Morgan fingerprint density at radius 2 is 1.94 bits per heavy atom. The van der Waals surface area contributed by atoms with Gasteiger partial charge in [-0.1, -0.05) is 39.4 Å². The van der Waals surface area contributed by atoms with Crippen molar-refractivity contribution in [2.75, 3.05) is 0 Å². The van der Waals surface area contributed by atoms with Crippen LogP contribution in [0.5, 0.6) is 0 Å². The van der Waals surface area contributed by atoms with Gasteiger partial charge in [-0.3, -0.25) is 4.79 Å². The summed E-state index contributed by atoms with van der Waals surface area (Å²) in [6.45, 7) is 10.1. The molecule has 0 aromatic rings. The normalized spacial score (nSPS) is 17.9. The molecule has 0 aromatic carbocycles. The summed E-state index contributed by atoms with van der Waals surface area (Å²) in [6.07, 6.45) is 2.74. The molecule has 0 rings (SSSR count). The van der Waals surface area contributed by atoms with Gasteiger partial charge in [0.15, 0.2) is 0 Å². The average Bonchev–Trinajstić information content (AvgIpc) is 2.26. The molecule has 0 aliphatic rings. The number of hydrogen-bond acceptors (Lipinski definition) is 2. The zero-order valence-corrected chi connectivity index (χ0v) is 12.5. The molecular weight excluding hydrogens is 232 g/mol. The van der Waals surface area contributed by atoms with Crippen LogP contribution in [0.3, 0.4) is 0 Å². The standard InChI is InChI=1S/C13H26N2OS/c1-6-9(3)8-10(4)15-12(16)13(5,7-2)11(14)17/h9-10H,6-8H2,1-5H3,(H2,14,17)(H,15,16). The van der Waals surface area contributed by atoms with Crippen LogP contribution in [-0.4, -0.2) is 16.9 Å². The van der Waals surface area contributed by atoms with Gasteiger partial charge in [0.1, 0.15) is 0 Å². The van der Waals surface area contributed by atoms with E-state index in [4.69, 9.17) is 18.0 Å². The first-order valence-corrected chi connectivity index (χ1v) is 6.79. The highest BCUT2D eigenvalue weighted by molar-refractivity contribution is 7.80. The number of rotatable bonds is 7. The number of thiocarbonyl (C=S) groups is 1. The predicted octanol–water partition coefficient (Wildman–Crippen LogP) is 2.63. The molecule has 0 heterocycles. The Balaban J connectivity index is 4.47. The van der Waals surface area contributed by atoms with Crippen LogP contribution in [0, 0.1) is 11.3 Å². The first-order chi connectivity index (χ1) is 7.77. The van der Waals surface area contributed by atoms with E-state index in [1.54, 1.807) is 6.92 Å². The molecule has 3 nitrogen and oxygen atoms in total. The zero-order chi connectivity index (χ0) is 13.6. The van der Waals surface area contributed by atoms with Crippen LogP contribution >= 0.6 is 12.2 Å². The van der Waals surface area contributed by atoms with Gasteiger partial charge >= 0.3 is 0 Å². The van der Waals surface area contributed by atoms with Gasteiger partial charge in [0.05, 0.1) is 10.4 Å². The van der Waals surface area contributed by atoms with Crippen molar-refractivity contribution < 1.29 is 4.79 Å². The van der Waals surface area contributed by atoms with Crippen molar-refractivity contribution in [2.45, 2.75) is 59.9 Å². The molecule has 0 saturated carbocycles. The zero-order valence-electron chi connectivity index (χ0n) is 11.7. The van der Waals surface area contributed by atoms with E-state index in [0.29, 0.717) is 12.3 Å². The number of amides is 1. The predicted molar refractivity (Wildman–Crippen MR) is 76.9 cm³/mol. The molecule has 0 fully saturated rings. The number of carbonyl (C=O) groups is 1. The summed E-state index contributed by atoms with van der Waals surface area (Å²) >= 11 is 4.99. The van der Waals surface area contributed by atoms with E-state index in [1.165, 1.54) is 0 Å². The van der Waals surface area contributed by atoms with Crippen molar-refractivity contribution in [3.8, 4) is 0 Å². The maximum absolute atomic E-state index is 12.1. The number of nitrogens with two attached hydrogens (primary N) is 1. The lowest BCUT2D eigenvalue weighted by Gasteiger charge is -2.28. The molecule has 1 amide bonds. The average molecular weight is 258 g/mol. The molecule has 3 unspecified atom stereocenters. The molecule has 100 valence electrons. The largest absolute Gasteiger partial charge is 0.392 e. The van der Waals surface area contributed by atoms with Crippen LogP contribution in [0.15, 0.2) is 0 Å². The first-order valence-electron chi connectivity index (χ1n) is 6.38. The van der Waals surface area contributed by atoms with Gasteiger partial charge in [0, 0.05) is 6.04 Å². The highest BCUT2D eigenvalue weighted by Crippen LogP contribution is 2.22. The second-order valence-corrected chi connectivity index (χ2v) is 5.61. The Morgan fingerprint density at radius 3 is 2.29 bits per heavy atom. The van der Waals surface area contributed by atoms with E-state index < -0.39 is 5.41 Å². The molecule has 3 atom stereocenters. The van der Waals surface area contributed by atoms with E-state index in [1.807, 2.05) is 13.8 Å². The van der Waals surface area contributed by atoms with E-state index in [2.05, 4.69) is 19.2 Å². The molecule has 0 spiro atoms. The summed E-state index contributed by atoms with van der Waals surface area (Å²) in [5, 5.41) is 3.01. The highest BCUT2D eigenvalue weighted by atomic mass is 32.1. The van der Waals surface area contributed by atoms with E-state index in [9.17, 15) is 4.79 Å². The summed E-state index contributed by atoms with van der Waals surface area (Å²) in [5.74, 6) is 0.561. The Labute approximate surface area is 111 Å². The second kappa shape index (κ2) is 6.94. The third-order valence-electron chi connectivity index (χ3n) is 3.58. The minimum atomic E-state index is -0.723. The van der Waals surface area contributed by atoms with Crippen LogP contribution < -0.4 is 11.1 Å². The van der Waals surface area contributed by atoms with Crippen molar-refractivity contribution in [1.29, 1.82) is 0 Å². The second-order valence-electron chi connectivity index (χ2n) is 5.17. The fourth-order valence-electron chi connectivity index (χ4n) is 1.66. The first kappa shape index (κ1) is 16.4. The van der Waals surface area contributed by atoms with Gasteiger partial charge in [-0.25, -0.2) is 0 Å². The summed E-state index contributed by atoms with van der Waals surface area (Å²) in [4.78, 5) is 12.4. The Morgan fingerprint density at radius 1 is 1.41 bits per heavy atom. The maximum Gasteiger partial charge on any atom is 0.232 e. The molecule has 0 aromatic heterocycles. The minimum absolute atomic E-state index is 0.0525. The lowest BCUT2D eigenvalue weighted by atomic mass is 9.86. The molecule has 0 aliphatic heterocycles. The van der Waals surface area contributed by atoms with Crippen molar-refractivity contribution in [2.24, 2.45) is 17.1 Å². The lowest BCUT2D eigenvalue weighted by Crippen LogP contribution is -2.49. The van der Waals surface area contributed by atoms with Crippen molar-refractivity contribution in [3.63, 3.8) is 0 Å². The van der Waals surface area contributed by atoms with Crippen LogP contribution in [0.2, 0.25) is 0 Å². The quantitative estimate of drug-likeness (QED) is 0.690. The van der Waals surface area contributed by atoms with Crippen LogP contribution in [0.1, 0.15) is 53.9 Å². The molecular formula is C13H26N2OS. The van der Waals surface area contributed by atoms with Gasteiger partial charge in [-0.15, -0.1) is 0 Å². The highest BCUT2D eigenvalue weighted by Gasteiger charge is 2.35. The molecule has 4 heteroatoms. The molecule has 0 saturated heterocycles. The third-order valence-corrected chi connectivity index (χ3v) is 4.03. The Bertz CT molecular complexity index is 281. The minimum Gasteiger partial charge on any atom is -0.392 e. The smallest absolute Gasteiger partial charge is 0.232 e. The Kier molecular flexibility index (Phi) is 6.68. The summed E-state index contributed by atoms with van der Waals surface area (Å²) in [6, 6.07) is 0.165. The molecule has 0 radical (unpaired) electrons. The fraction of sp³-hybridized carbons (Fsp3) is 0.846. The van der Waals surface area contributed by atoms with Gasteiger partial charge in [-0.05, 0) is 32.6 Å². The van der Waals surface area contributed by atoms with Crippen molar-refractivity contribution in [1.82, 2.24) is 5.32 Å². The molecule has 0 aliphatic carbocycles. The SMILES string of the molecule is CCC(C)CC(C)NC(=O)C(C)(CC)C(N)=S. The molecule has 3 N–H and O–H groups in total. The molecule has 17 heavy (non-hydrogen) atoms. The van der Waals surface area contributed by atoms with E-state index in [-0.39, 0.29) is 16.9 Å². The third kappa shape index (κ3) is 4.62. The van der Waals surface area contributed by atoms with Gasteiger partial charge in [0.25, 0.3) is 0 Å². The number of nitrogens with one attached hydrogen (secondary N) is 1. The monoisotopic (exact) mass is 258 g/mol. The lowest BCUT2D eigenvalue weighted by molar-refractivity contribution is -0.127. The maximum atomic E-state index is 12.1. The van der Waals surface area contributed by atoms with Gasteiger partial charge in [-0.2, -0.15) is 0 Å². The topological polar surface area (TPSA) is 55.1 Å². The van der Waals surface area contributed by atoms with Gasteiger partial charge < -0.3 is 11.1 Å². The summed E-state index contributed by atoms with van der Waals surface area (Å²) < 4.78 is 0. The van der Waals surface area contributed by atoms with Gasteiger partial charge in [0.2, 0.25) is 5.91 Å². The number of carbonyl (C=O) groups excluding carboxylic acids is 1. The fourth-order valence-corrected chi connectivity index (χ4v) is 1.90.